The highest BCUT2D eigenvalue weighted by atomic mass is 16.5. The molecule has 1 amide bonds. The van der Waals surface area contributed by atoms with Crippen LogP contribution in [0.25, 0.3) is 11.0 Å². The van der Waals surface area contributed by atoms with Crippen LogP contribution in [0.3, 0.4) is 0 Å². The van der Waals surface area contributed by atoms with Crippen LogP contribution in [0.5, 0.6) is 5.75 Å². The van der Waals surface area contributed by atoms with E-state index in [1.165, 1.54) is 0 Å². The number of nitrogens with zero attached hydrogens (tertiary/aromatic N) is 1. The number of piperidine rings is 1. The lowest BCUT2D eigenvalue weighted by Crippen LogP contribution is -2.55. The Morgan fingerprint density at radius 2 is 2.07 bits per heavy atom. The van der Waals surface area contributed by atoms with Crippen LogP contribution in [0.1, 0.15) is 55.2 Å². The van der Waals surface area contributed by atoms with Crippen LogP contribution in [0, 0.1) is 12.8 Å². The zero-order chi connectivity index (χ0) is 20.9. The number of aryl methyl sites for hydroxylation is 2. The molecular weight excluding hydrogens is 382 g/mol. The number of amides is 1. The lowest BCUT2D eigenvalue weighted by Gasteiger charge is -2.47. The summed E-state index contributed by atoms with van der Waals surface area (Å²) in [7, 11) is 0. The van der Waals surface area contributed by atoms with Crippen LogP contribution in [0.2, 0.25) is 0 Å². The molecule has 2 heterocycles. The number of likely N-dealkylation sites (tertiary alicyclic amines) is 1. The molecule has 30 heavy (non-hydrogen) atoms. The van der Waals surface area contributed by atoms with Crippen molar-refractivity contribution in [1.29, 1.82) is 0 Å². The maximum Gasteiger partial charge on any atom is 0.339 e. The van der Waals surface area contributed by atoms with Gasteiger partial charge in [0.15, 0.2) is 6.61 Å². The first-order chi connectivity index (χ1) is 14.5. The number of rotatable bonds is 3. The molecule has 5 rings (SSSR count). The largest absolute Gasteiger partial charge is 0.483 e. The van der Waals surface area contributed by atoms with Crippen LogP contribution in [-0.2, 0) is 17.6 Å². The number of aliphatic hydroxyl groups is 1. The van der Waals surface area contributed by atoms with E-state index in [2.05, 4.69) is 0 Å². The van der Waals surface area contributed by atoms with Gasteiger partial charge in [0, 0.05) is 35.5 Å². The van der Waals surface area contributed by atoms with Crippen LogP contribution >= 0.6 is 0 Å². The smallest absolute Gasteiger partial charge is 0.339 e. The van der Waals surface area contributed by atoms with E-state index in [-0.39, 0.29) is 24.1 Å². The molecular formula is C24H29NO5. The number of hydrogen-bond donors (Lipinski definition) is 1. The standard InChI is InChI=1S/C24H29NO5/c1-15-20(9-8-18-17-6-4-7-19(17)23(27)30-22(15)18)29-14-21(26)25-12-11-24(28)10-3-2-5-16(24)13-25/h8-9,16,28H,2-7,10-14H2,1H3/t16-,24+/m0/s1. The van der Waals surface area contributed by atoms with Crippen LogP contribution in [-0.4, -0.2) is 41.2 Å². The third kappa shape index (κ3) is 3.22. The fourth-order valence-corrected chi connectivity index (χ4v) is 5.65. The first-order valence-corrected chi connectivity index (χ1v) is 11.2. The minimum atomic E-state index is -0.595. The molecule has 2 aliphatic carbocycles. The van der Waals surface area contributed by atoms with E-state index >= 15 is 0 Å². The number of benzene rings is 1. The quantitative estimate of drug-likeness (QED) is 0.785. The number of ether oxygens (including phenoxy) is 1. The summed E-state index contributed by atoms with van der Waals surface area (Å²) in [5.41, 5.74) is 2.38. The third-order valence-electron chi connectivity index (χ3n) is 7.47. The third-order valence-corrected chi connectivity index (χ3v) is 7.47. The molecule has 3 aliphatic rings. The van der Waals surface area contributed by atoms with E-state index in [9.17, 15) is 14.7 Å². The van der Waals surface area contributed by atoms with Crippen molar-refractivity contribution in [2.75, 3.05) is 19.7 Å². The number of carbonyl (C=O) groups excluding carboxylic acids is 1. The van der Waals surface area contributed by atoms with E-state index in [1.807, 2.05) is 24.0 Å². The first kappa shape index (κ1) is 19.6. The summed E-state index contributed by atoms with van der Waals surface area (Å²) in [6.07, 6.45) is 7.34. The molecule has 1 N–H and O–H groups in total. The molecule has 1 saturated heterocycles. The van der Waals surface area contributed by atoms with Gasteiger partial charge in [0.1, 0.15) is 11.3 Å². The predicted octanol–water partition coefficient (Wildman–Crippen LogP) is 3.12. The van der Waals surface area contributed by atoms with Gasteiger partial charge in [-0.25, -0.2) is 4.79 Å². The molecule has 2 aromatic rings. The average molecular weight is 411 g/mol. The van der Waals surface area contributed by atoms with Gasteiger partial charge in [-0.2, -0.15) is 0 Å². The highest BCUT2D eigenvalue weighted by molar-refractivity contribution is 5.86. The fraction of sp³-hybridized carbons (Fsp3) is 0.583. The molecule has 2 atom stereocenters. The molecule has 1 aromatic carbocycles. The molecule has 1 aliphatic heterocycles. The molecule has 6 nitrogen and oxygen atoms in total. The summed E-state index contributed by atoms with van der Waals surface area (Å²) in [6.45, 7) is 3.01. The van der Waals surface area contributed by atoms with E-state index in [0.29, 0.717) is 30.8 Å². The van der Waals surface area contributed by atoms with Gasteiger partial charge in [0.25, 0.3) is 5.91 Å². The Bertz CT molecular complexity index is 1060. The highest BCUT2D eigenvalue weighted by Gasteiger charge is 2.43. The lowest BCUT2D eigenvalue weighted by molar-refractivity contribution is -0.145. The molecule has 160 valence electrons. The van der Waals surface area contributed by atoms with Crippen molar-refractivity contribution >= 4 is 16.9 Å². The van der Waals surface area contributed by atoms with Crippen molar-refractivity contribution < 1.29 is 19.1 Å². The summed E-state index contributed by atoms with van der Waals surface area (Å²) >= 11 is 0. The molecule has 1 aromatic heterocycles. The van der Waals surface area contributed by atoms with Gasteiger partial charge >= 0.3 is 5.63 Å². The summed E-state index contributed by atoms with van der Waals surface area (Å²) in [6, 6.07) is 3.82. The Kier molecular flexibility index (Phi) is 4.85. The zero-order valence-electron chi connectivity index (χ0n) is 17.5. The van der Waals surface area contributed by atoms with E-state index < -0.39 is 5.60 Å². The van der Waals surface area contributed by atoms with Crippen molar-refractivity contribution in [1.82, 2.24) is 4.90 Å². The van der Waals surface area contributed by atoms with Crippen molar-refractivity contribution in [3.63, 3.8) is 0 Å². The maximum atomic E-state index is 12.8. The topological polar surface area (TPSA) is 80.0 Å². The van der Waals surface area contributed by atoms with Crippen LogP contribution < -0.4 is 10.4 Å². The molecule has 6 heteroatoms. The molecule has 1 saturated carbocycles. The first-order valence-electron chi connectivity index (χ1n) is 11.2. The number of carbonyl (C=O) groups is 1. The second-order valence-corrected chi connectivity index (χ2v) is 9.19. The van der Waals surface area contributed by atoms with Gasteiger partial charge < -0.3 is 19.2 Å². The van der Waals surface area contributed by atoms with Gasteiger partial charge in [-0.15, -0.1) is 0 Å². The molecule has 0 unspecified atom stereocenters. The highest BCUT2D eigenvalue weighted by Crippen LogP contribution is 2.40. The summed E-state index contributed by atoms with van der Waals surface area (Å²) in [5, 5.41) is 11.8. The van der Waals surface area contributed by atoms with Crippen molar-refractivity contribution in [3.8, 4) is 5.75 Å². The Labute approximate surface area is 175 Å². The average Bonchev–Trinajstić information content (AvgIpc) is 3.24. The Hall–Kier alpha value is -2.34. The van der Waals surface area contributed by atoms with E-state index in [0.717, 1.165) is 67.0 Å². The van der Waals surface area contributed by atoms with Crippen molar-refractivity contribution in [2.45, 2.75) is 63.9 Å². The second kappa shape index (κ2) is 7.41. The second-order valence-electron chi connectivity index (χ2n) is 9.19. The molecule has 2 fully saturated rings. The summed E-state index contributed by atoms with van der Waals surface area (Å²) in [5.74, 6) is 0.684. The fourth-order valence-electron chi connectivity index (χ4n) is 5.65. The van der Waals surface area contributed by atoms with E-state index in [4.69, 9.17) is 9.15 Å². The minimum Gasteiger partial charge on any atom is -0.483 e. The Balaban J connectivity index is 1.31. The van der Waals surface area contributed by atoms with Crippen molar-refractivity contribution in [2.24, 2.45) is 5.92 Å². The SMILES string of the molecule is Cc1c(OCC(=O)N2CC[C@]3(O)CCCC[C@H]3C2)ccc2c3c(c(=O)oc12)CCC3. The van der Waals surface area contributed by atoms with E-state index in [1.54, 1.807) is 0 Å². The van der Waals surface area contributed by atoms with Crippen LogP contribution in [0.15, 0.2) is 21.3 Å². The normalized spacial score (nSPS) is 25.8. The van der Waals surface area contributed by atoms with Gasteiger partial charge in [-0.1, -0.05) is 12.8 Å². The minimum absolute atomic E-state index is 0.0489. The number of hydrogen-bond acceptors (Lipinski definition) is 5. The Morgan fingerprint density at radius 1 is 1.23 bits per heavy atom. The molecule has 0 radical (unpaired) electrons. The summed E-state index contributed by atoms with van der Waals surface area (Å²) < 4.78 is 11.5. The molecule has 0 bridgehead atoms. The zero-order valence-corrected chi connectivity index (χ0v) is 17.5. The van der Waals surface area contributed by atoms with Gasteiger partial charge in [0.2, 0.25) is 0 Å². The monoisotopic (exact) mass is 411 g/mol. The van der Waals surface area contributed by atoms with Gasteiger partial charge in [-0.05, 0) is 63.1 Å². The predicted molar refractivity (Wildman–Crippen MR) is 113 cm³/mol. The molecule has 0 spiro atoms. The van der Waals surface area contributed by atoms with Gasteiger partial charge in [-0.3, -0.25) is 4.79 Å². The number of fused-ring (bicyclic) bond motifs is 4. The van der Waals surface area contributed by atoms with Crippen molar-refractivity contribution in [3.05, 3.63) is 39.2 Å². The summed E-state index contributed by atoms with van der Waals surface area (Å²) in [4.78, 5) is 26.9. The lowest BCUT2D eigenvalue weighted by atomic mass is 9.71. The van der Waals surface area contributed by atoms with Crippen LogP contribution in [0.4, 0.5) is 0 Å². The Morgan fingerprint density at radius 3 is 2.93 bits per heavy atom. The maximum absolute atomic E-state index is 12.8. The van der Waals surface area contributed by atoms with Gasteiger partial charge in [0.05, 0.1) is 5.60 Å².